The number of benzene rings is 1. The molecule has 18 heavy (non-hydrogen) atoms. The second-order valence-corrected chi connectivity index (χ2v) is 3.87. The first-order valence-corrected chi connectivity index (χ1v) is 5.56. The van der Waals surface area contributed by atoms with Crippen LogP contribution in [-0.2, 0) is 17.4 Å². The molecule has 0 radical (unpaired) electrons. The number of carbonyl (C=O) groups excluding carboxylic acids is 1. The van der Waals surface area contributed by atoms with Crippen molar-refractivity contribution in [1.29, 1.82) is 0 Å². The maximum absolute atomic E-state index is 12.4. The number of nitrogens with one attached hydrogen (secondary N) is 1. The lowest BCUT2D eigenvalue weighted by Crippen LogP contribution is -2.27. The summed E-state index contributed by atoms with van der Waals surface area (Å²) in [5.41, 5.74) is 4.86. The van der Waals surface area contributed by atoms with Gasteiger partial charge in [0.1, 0.15) is 0 Å². The van der Waals surface area contributed by atoms with E-state index in [4.69, 9.17) is 5.73 Å². The number of hydrogen-bond donors (Lipinski definition) is 2. The van der Waals surface area contributed by atoms with Crippen LogP contribution in [0.3, 0.4) is 0 Å². The third-order valence-corrected chi connectivity index (χ3v) is 2.32. The lowest BCUT2D eigenvalue weighted by atomic mass is 10.1. The summed E-state index contributed by atoms with van der Waals surface area (Å²) in [4.78, 5) is 11.4. The van der Waals surface area contributed by atoms with Crippen LogP contribution in [-0.4, -0.2) is 19.0 Å². The fourth-order valence-electron chi connectivity index (χ4n) is 1.44. The Morgan fingerprint density at radius 1 is 1.33 bits per heavy atom. The molecular formula is C12H15F3N2O. The molecule has 0 aliphatic heterocycles. The molecular weight excluding hydrogens is 245 g/mol. The highest BCUT2D eigenvalue weighted by Gasteiger charge is 2.30. The van der Waals surface area contributed by atoms with Gasteiger partial charge in [-0.2, -0.15) is 13.2 Å². The van der Waals surface area contributed by atoms with Crippen molar-refractivity contribution in [2.75, 3.05) is 13.1 Å². The lowest BCUT2D eigenvalue weighted by Gasteiger charge is -2.09. The van der Waals surface area contributed by atoms with Crippen LogP contribution < -0.4 is 11.1 Å². The number of carbonyl (C=O) groups is 1. The molecule has 1 rings (SSSR count). The zero-order chi connectivity index (χ0) is 13.6. The standard InChI is InChI=1S/C12H15F3N2O/c13-12(14,15)10-4-1-3-9(7-10)8-11(18)17-6-2-5-16/h1,3-4,7H,2,5-6,8,16H2,(H,17,18). The average molecular weight is 260 g/mol. The van der Waals surface area contributed by atoms with E-state index in [-0.39, 0.29) is 12.3 Å². The van der Waals surface area contributed by atoms with E-state index < -0.39 is 11.7 Å². The summed E-state index contributed by atoms with van der Waals surface area (Å²) < 4.78 is 37.3. The Morgan fingerprint density at radius 2 is 2.06 bits per heavy atom. The van der Waals surface area contributed by atoms with Crippen molar-refractivity contribution in [1.82, 2.24) is 5.32 Å². The molecule has 1 aromatic carbocycles. The van der Waals surface area contributed by atoms with Crippen molar-refractivity contribution in [2.24, 2.45) is 5.73 Å². The van der Waals surface area contributed by atoms with Gasteiger partial charge in [0.2, 0.25) is 5.91 Å². The Morgan fingerprint density at radius 3 is 2.67 bits per heavy atom. The Balaban J connectivity index is 2.60. The molecule has 0 heterocycles. The smallest absolute Gasteiger partial charge is 0.356 e. The molecule has 0 saturated heterocycles. The molecule has 0 aromatic heterocycles. The van der Waals surface area contributed by atoms with Gasteiger partial charge >= 0.3 is 6.18 Å². The summed E-state index contributed by atoms with van der Waals surface area (Å²) in [5, 5.41) is 2.59. The molecule has 0 aliphatic rings. The van der Waals surface area contributed by atoms with Crippen LogP contribution in [0.5, 0.6) is 0 Å². The van der Waals surface area contributed by atoms with Crippen LogP contribution in [0.15, 0.2) is 24.3 Å². The summed E-state index contributed by atoms with van der Waals surface area (Å²) in [6.45, 7) is 0.901. The van der Waals surface area contributed by atoms with Gasteiger partial charge in [-0.3, -0.25) is 4.79 Å². The molecule has 0 fully saturated rings. The topological polar surface area (TPSA) is 55.1 Å². The third-order valence-electron chi connectivity index (χ3n) is 2.32. The van der Waals surface area contributed by atoms with E-state index >= 15 is 0 Å². The molecule has 0 saturated carbocycles. The van der Waals surface area contributed by atoms with Gasteiger partial charge in [0.15, 0.2) is 0 Å². The molecule has 0 aliphatic carbocycles. The normalized spacial score (nSPS) is 11.3. The average Bonchev–Trinajstić information content (AvgIpc) is 2.28. The number of rotatable bonds is 5. The lowest BCUT2D eigenvalue weighted by molar-refractivity contribution is -0.137. The number of halogens is 3. The zero-order valence-electron chi connectivity index (χ0n) is 9.76. The van der Waals surface area contributed by atoms with Gasteiger partial charge in [-0.25, -0.2) is 0 Å². The highest BCUT2D eigenvalue weighted by atomic mass is 19.4. The summed E-state index contributed by atoms with van der Waals surface area (Å²) in [7, 11) is 0. The minimum absolute atomic E-state index is 0.0610. The summed E-state index contributed by atoms with van der Waals surface area (Å²) in [6, 6.07) is 4.77. The van der Waals surface area contributed by atoms with Crippen molar-refractivity contribution >= 4 is 5.91 Å². The molecule has 100 valence electrons. The first-order chi connectivity index (χ1) is 8.43. The Labute approximate surface area is 103 Å². The quantitative estimate of drug-likeness (QED) is 0.792. The molecule has 0 atom stereocenters. The van der Waals surface area contributed by atoms with Crippen molar-refractivity contribution in [2.45, 2.75) is 19.0 Å². The van der Waals surface area contributed by atoms with Gasteiger partial charge in [-0.05, 0) is 24.6 Å². The second kappa shape index (κ2) is 6.39. The second-order valence-electron chi connectivity index (χ2n) is 3.87. The third kappa shape index (κ3) is 4.75. The molecule has 0 bridgehead atoms. The number of hydrogen-bond acceptors (Lipinski definition) is 2. The van der Waals surface area contributed by atoms with Crippen LogP contribution >= 0.6 is 0 Å². The van der Waals surface area contributed by atoms with Crippen molar-refractivity contribution in [3.05, 3.63) is 35.4 Å². The van der Waals surface area contributed by atoms with E-state index in [1.165, 1.54) is 12.1 Å². The Kier molecular flexibility index (Phi) is 5.15. The van der Waals surface area contributed by atoms with Crippen LogP contribution in [0.1, 0.15) is 17.5 Å². The van der Waals surface area contributed by atoms with Crippen LogP contribution in [0, 0.1) is 0 Å². The molecule has 0 unspecified atom stereocenters. The van der Waals surface area contributed by atoms with E-state index in [9.17, 15) is 18.0 Å². The molecule has 1 aromatic rings. The highest BCUT2D eigenvalue weighted by molar-refractivity contribution is 5.78. The van der Waals surface area contributed by atoms with E-state index in [1.807, 2.05) is 0 Å². The predicted molar refractivity (Wildman–Crippen MR) is 61.8 cm³/mol. The van der Waals surface area contributed by atoms with Gasteiger partial charge < -0.3 is 11.1 Å². The first-order valence-electron chi connectivity index (χ1n) is 5.56. The maximum atomic E-state index is 12.4. The fraction of sp³-hybridized carbons (Fsp3) is 0.417. The summed E-state index contributed by atoms with van der Waals surface area (Å²) >= 11 is 0. The Bertz CT molecular complexity index is 405. The van der Waals surface area contributed by atoms with Gasteiger partial charge in [-0.1, -0.05) is 18.2 Å². The molecule has 1 amide bonds. The number of amides is 1. The monoisotopic (exact) mass is 260 g/mol. The minimum atomic E-state index is -4.38. The SMILES string of the molecule is NCCCNC(=O)Cc1cccc(C(F)(F)F)c1. The van der Waals surface area contributed by atoms with E-state index in [0.29, 0.717) is 25.1 Å². The van der Waals surface area contributed by atoms with Crippen LogP contribution in [0.2, 0.25) is 0 Å². The van der Waals surface area contributed by atoms with Gasteiger partial charge in [0.25, 0.3) is 0 Å². The van der Waals surface area contributed by atoms with Crippen LogP contribution in [0.25, 0.3) is 0 Å². The summed E-state index contributed by atoms with van der Waals surface area (Å²) in [5.74, 6) is -0.303. The maximum Gasteiger partial charge on any atom is 0.416 e. The fourth-order valence-corrected chi connectivity index (χ4v) is 1.44. The number of nitrogens with two attached hydrogens (primary N) is 1. The van der Waals surface area contributed by atoms with Gasteiger partial charge in [-0.15, -0.1) is 0 Å². The van der Waals surface area contributed by atoms with E-state index in [0.717, 1.165) is 12.1 Å². The van der Waals surface area contributed by atoms with Crippen molar-refractivity contribution in [3.63, 3.8) is 0 Å². The highest BCUT2D eigenvalue weighted by Crippen LogP contribution is 2.29. The number of alkyl halides is 3. The Hall–Kier alpha value is -1.56. The van der Waals surface area contributed by atoms with Crippen molar-refractivity contribution < 1.29 is 18.0 Å². The van der Waals surface area contributed by atoms with E-state index in [2.05, 4.69) is 5.32 Å². The molecule has 3 nitrogen and oxygen atoms in total. The van der Waals surface area contributed by atoms with Gasteiger partial charge in [0.05, 0.1) is 12.0 Å². The molecule has 0 spiro atoms. The molecule has 6 heteroatoms. The van der Waals surface area contributed by atoms with Crippen molar-refractivity contribution in [3.8, 4) is 0 Å². The largest absolute Gasteiger partial charge is 0.416 e. The summed E-state index contributed by atoms with van der Waals surface area (Å²) in [6.07, 6.45) is -3.80. The van der Waals surface area contributed by atoms with E-state index in [1.54, 1.807) is 0 Å². The van der Waals surface area contributed by atoms with Gasteiger partial charge in [0, 0.05) is 6.54 Å². The first kappa shape index (κ1) is 14.5. The predicted octanol–water partition coefficient (Wildman–Crippen LogP) is 1.71. The molecule has 3 N–H and O–H groups in total. The zero-order valence-corrected chi connectivity index (χ0v) is 9.76. The van der Waals surface area contributed by atoms with Crippen LogP contribution in [0.4, 0.5) is 13.2 Å². The minimum Gasteiger partial charge on any atom is -0.356 e.